The number of carbonyl (C=O) groups is 1. The number of methoxy groups -OCH3 is 1. The molecule has 0 aliphatic rings. The topological polar surface area (TPSA) is 59.4 Å². The Labute approximate surface area is 98.9 Å². The third-order valence-corrected chi connectivity index (χ3v) is 2.70. The highest BCUT2D eigenvalue weighted by atomic mass is 16.5. The Kier molecular flexibility index (Phi) is 2.95. The van der Waals surface area contributed by atoms with Crippen LogP contribution in [0.1, 0.15) is 22.8 Å². The summed E-state index contributed by atoms with van der Waals surface area (Å²) >= 11 is 0. The zero-order valence-electron chi connectivity index (χ0n) is 9.73. The Morgan fingerprint density at radius 3 is 2.82 bits per heavy atom. The van der Waals surface area contributed by atoms with Crippen LogP contribution in [0, 0.1) is 0 Å². The first-order valence-electron chi connectivity index (χ1n) is 5.37. The van der Waals surface area contributed by atoms with Gasteiger partial charge in [-0.15, -0.1) is 0 Å². The molecule has 4 heteroatoms. The number of hydrogen-bond donors (Lipinski definition) is 1. The van der Waals surface area contributed by atoms with Crippen LogP contribution in [0.4, 0.5) is 0 Å². The second-order valence-corrected chi connectivity index (χ2v) is 3.69. The number of para-hydroxylation sites is 1. The van der Waals surface area contributed by atoms with Gasteiger partial charge in [-0.3, -0.25) is 0 Å². The molecule has 0 spiro atoms. The molecule has 1 N–H and O–H groups in total. The summed E-state index contributed by atoms with van der Waals surface area (Å²) in [6, 6.07) is 7.34. The fourth-order valence-electron chi connectivity index (χ4n) is 1.84. The molecule has 0 radical (unpaired) electrons. The van der Waals surface area contributed by atoms with Crippen LogP contribution >= 0.6 is 0 Å². The highest BCUT2D eigenvalue weighted by molar-refractivity contribution is 5.96. The normalized spacial score (nSPS) is 10.5. The predicted octanol–water partition coefficient (Wildman–Crippen LogP) is 2.50. The molecule has 4 nitrogen and oxygen atoms in total. The van der Waals surface area contributed by atoms with Crippen molar-refractivity contribution < 1.29 is 14.6 Å². The highest BCUT2D eigenvalue weighted by Crippen LogP contribution is 2.24. The number of carboxylic acids is 1. The van der Waals surface area contributed by atoms with Gasteiger partial charge in [0.15, 0.2) is 0 Å². The summed E-state index contributed by atoms with van der Waals surface area (Å²) < 4.78 is 5.02. The molecule has 0 aliphatic carbocycles. The van der Waals surface area contributed by atoms with E-state index in [9.17, 15) is 4.79 Å². The number of aromatic carboxylic acids is 1. The van der Waals surface area contributed by atoms with E-state index in [-0.39, 0.29) is 11.4 Å². The van der Waals surface area contributed by atoms with Gasteiger partial charge in [0.25, 0.3) is 0 Å². The summed E-state index contributed by atoms with van der Waals surface area (Å²) in [5.41, 5.74) is 1.97. The minimum atomic E-state index is -1.03. The smallest absolute Gasteiger partial charge is 0.341 e. The molecule has 1 aromatic heterocycles. The van der Waals surface area contributed by atoms with Gasteiger partial charge in [0.05, 0.1) is 12.6 Å². The second-order valence-electron chi connectivity index (χ2n) is 3.69. The second kappa shape index (κ2) is 4.41. The number of benzene rings is 1. The largest absolute Gasteiger partial charge is 0.480 e. The standard InChI is InChI=1S/C13H13NO3/c1-3-8-5-4-6-9-7-10(13(15)16)12(17-2)14-11(8)9/h4-7H,3H2,1-2H3,(H,15,16). The van der Waals surface area contributed by atoms with Gasteiger partial charge >= 0.3 is 5.97 Å². The first-order chi connectivity index (χ1) is 8.17. The number of ether oxygens (including phenoxy) is 1. The van der Waals surface area contributed by atoms with Gasteiger partial charge in [-0.25, -0.2) is 9.78 Å². The maximum atomic E-state index is 11.1. The Hall–Kier alpha value is -2.10. The van der Waals surface area contributed by atoms with E-state index in [1.54, 1.807) is 6.07 Å². The lowest BCUT2D eigenvalue weighted by Crippen LogP contribution is -2.03. The average Bonchev–Trinajstić information content (AvgIpc) is 2.36. The van der Waals surface area contributed by atoms with Crippen molar-refractivity contribution in [2.24, 2.45) is 0 Å². The van der Waals surface area contributed by atoms with Crippen molar-refractivity contribution in [1.82, 2.24) is 4.98 Å². The molecule has 2 rings (SSSR count). The van der Waals surface area contributed by atoms with Crippen LogP contribution in [-0.4, -0.2) is 23.2 Å². The van der Waals surface area contributed by atoms with Crippen molar-refractivity contribution in [1.29, 1.82) is 0 Å². The van der Waals surface area contributed by atoms with Gasteiger partial charge < -0.3 is 9.84 Å². The van der Waals surface area contributed by atoms with E-state index in [0.717, 1.165) is 22.9 Å². The molecule has 17 heavy (non-hydrogen) atoms. The fourth-order valence-corrected chi connectivity index (χ4v) is 1.84. The molecular formula is C13H13NO3. The molecule has 0 saturated carbocycles. The Bertz CT molecular complexity index is 578. The highest BCUT2D eigenvalue weighted by Gasteiger charge is 2.14. The quantitative estimate of drug-likeness (QED) is 0.881. The van der Waals surface area contributed by atoms with Gasteiger partial charge in [0.1, 0.15) is 5.56 Å². The molecule has 0 aliphatic heterocycles. The van der Waals surface area contributed by atoms with E-state index >= 15 is 0 Å². The molecule has 2 aromatic rings. The van der Waals surface area contributed by atoms with Crippen LogP contribution in [0.2, 0.25) is 0 Å². The van der Waals surface area contributed by atoms with Crippen LogP contribution in [0.25, 0.3) is 10.9 Å². The number of rotatable bonds is 3. The van der Waals surface area contributed by atoms with Crippen molar-refractivity contribution in [2.75, 3.05) is 7.11 Å². The maximum Gasteiger partial charge on any atom is 0.341 e. The average molecular weight is 231 g/mol. The van der Waals surface area contributed by atoms with E-state index in [4.69, 9.17) is 9.84 Å². The van der Waals surface area contributed by atoms with E-state index < -0.39 is 5.97 Å². The van der Waals surface area contributed by atoms with Gasteiger partial charge in [0, 0.05) is 5.39 Å². The summed E-state index contributed by atoms with van der Waals surface area (Å²) in [5.74, 6) is -0.871. The SMILES string of the molecule is CCc1cccc2cc(C(=O)O)c(OC)nc12. The molecule has 0 saturated heterocycles. The van der Waals surface area contributed by atoms with Crippen LogP contribution in [-0.2, 0) is 6.42 Å². The van der Waals surface area contributed by atoms with Crippen molar-refractivity contribution in [3.63, 3.8) is 0 Å². The minimum absolute atomic E-state index is 0.0910. The molecule has 0 fully saturated rings. The van der Waals surface area contributed by atoms with Gasteiger partial charge in [-0.05, 0) is 18.1 Å². The van der Waals surface area contributed by atoms with Crippen LogP contribution in [0.3, 0.4) is 0 Å². The molecule has 1 aromatic carbocycles. The summed E-state index contributed by atoms with van der Waals surface area (Å²) in [7, 11) is 1.43. The lowest BCUT2D eigenvalue weighted by molar-refractivity contribution is 0.0692. The molecule has 0 amide bonds. The fraction of sp³-hybridized carbons (Fsp3) is 0.231. The number of aryl methyl sites for hydroxylation is 1. The Balaban J connectivity index is 2.78. The van der Waals surface area contributed by atoms with E-state index in [1.165, 1.54) is 7.11 Å². The van der Waals surface area contributed by atoms with Crippen LogP contribution in [0.15, 0.2) is 24.3 Å². The summed E-state index contributed by atoms with van der Waals surface area (Å²) in [6.45, 7) is 2.04. The Morgan fingerprint density at radius 1 is 1.47 bits per heavy atom. The molecule has 0 atom stereocenters. The first-order valence-corrected chi connectivity index (χ1v) is 5.37. The number of fused-ring (bicyclic) bond motifs is 1. The van der Waals surface area contributed by atoms with Crippen molar-refractivity contribution >= 4 is 16.9 Å². The molecule has 0 bridgehead atoms. The Morgan fingerprint density at radius 2 is 2.24 bits per heavy atom. The number of aromatic nitrogens is 1. The van der Waals surface area contributed by atoms with Crippen molar-refractivity contribution in [3.8, 4) is 5.88 Å². The lowest BCUT2D eigenvalue weighted by Gasteiger charge is -2.08. The van der Waals surface area contributed by atoms with E-state index in [1.807, 2.05) is 25.1 Å². The van der Waals surface area contributed by atoms with Crippen LogP contribution < -0.4 is 4.74 Å². The number of hydrogen-bond acceptors (Lipinski definition) is 3. The predicted molar refractivity (Wildman–Crippen MR) is 64.6 cm³/mol. The monoisotopic (exact) mass is 231 g/mol. The zero-order valence-corrected chi connectivity index (χ0v) is 9.73. The maximum absolute atomic E-state index is 11.1. The van der Waals surface area contributed by atoms with Gasteiger partial charge in [-0.1, -0.05) is 25.1 Å². The molecule has 88 valence electrons. The van der Waals surface area contributed by atoms with E-state index in [0.29, 0.717) is 0 Å². The number of pyridine rings is 1. The van der Waals surface area contributed by atoms with E-state index in [2.05, 4.69) is 4.98 Å². The third kappa shape index (κ3) is 1.93. The lowest BCUT2D eigenvalue weighted by atomic mass is 10.1. The minimum Gasteiger partial charge on any atom is -0.480 e. The molecule has 0 unspecified atom stereocenters. The van der Waals surface area contributed by atoms with Crippen molar-refractivity contribution in [3.05, 3.63) is 35.4 Å². The number of carboxylic acid groups (broad SMARTS) is 1. The van der Waals surface area contributed by atoms with Gasteiger partial charge in [0.2, 0.25) is 5.88 Å². The number of nitrogens with zero attached hydrogens (tertiary/aromatic N) is 1. The third-order valence-electron chi connectivity index (χ3n) is 2.70. The summed E-state index contributed by atoms with van der Waals surface area (Å²) in [5, 5.41) is 9.88. The summed E-state index contributed by atoms with van der Waals surface area (Å²) in [6.07, 6.45) is 0.847. The molecule has 1 heterocycles. The van der Waals surface area contributed by atoms with Gasteiger partial charge in [-0.2, -0.15) is 0 Å². The zero-order chi connectivity index (χ0) is 12.4. The summed E-state index contributed by atoms with van der Waals surface area (Å²) in [4.78, 5) is 15.3. The van der Waals surface area contributed by atoms with Crippen molar-refractivity contribution in [2.45, 2.75) is 13.3 Å². The molecular weight excluding hydrogens is 218 g/mol. The van der Waals surface area contributed by atoms with Crippen LogP contribution in [0.5, 0.6) is 5.88 Å². The first kappa shape index (κ1) is 11.4.